The Kier molecular flexibility index (Phi) is 4.04. The number of nitrogens with zero attached hydrogens (tertiary/aromatic N) is 4. The van der Waals surface area contributed by atoms with Gasteiger partial charge in [-0.3, -0.25) is 4.98 Å². The fourth-order valence-corrected chi connectivity index (χ4v) is 3.70. The van der Waals surface area contributed by atoms with Crippen LogP contribution in [0.4, 0.5) is 0 Å². The van der Waals surface area contributed by atoms with Crippen molar-refractivity contribution in [2.45, 2.75) is 24.4 Å². The molecule has 0 aliphatic rings. The number of rotatable bonds is 5. The zero-order chi connectivity index (χ0) is 16.4. The van der Waals surface area contributed by atoms with Gasteiger partial charge < -0.3 is 9.55 Å². The van der Waals surface area contributed by atoms with Crippen LogP contribution in [0, 0.1) is 0 Å². The van der Waals surface area contributed by atoms with Gasteiger partial charge in [0.2, 0.25) is 0 Å². The summed E-state index contributed by atoms with van der Waals surface area (Å²) < 4.78 is 2.16. The lowest BCUT2D eigenvalue weighted by molar-refractivity contribution is 0.687. The van der Waals surface area contributed by atoms with Crippen LogP contribution < -0.4 is 0 Å². The molecule has 0 saturated heterocycles. The van der Waals surface area contributed by atoms with Crippen LogP contribution in [-0.4, -0.2) is 24.7 Å². The summed E-state index contributed by atoms with van der Waals surface area (Å²) in [7, 11) is 0. The van der Waals surface area contributed by atoms with Crippen molar-refractivity contribution in [3.8, 4) is 11.4 Å². The Morgan fingerprint density at radius 3 is 2.88 bits per heavy atom. The molecule has 0 aliphatic heterocycles. The number of fused-ring (bicyclic) bond motifs is 1. The Morgan fingerprint density at radius 1 is 1.12 bits per heavy atom. The van der Waals surface area contributed by atoms with Gasteiger partial charge in [-0.25, -0.2) is 0 Å². The van der Waals surface area contributed by atoms with E-state index in [-0.39, 0.29) is 0 Å². The molecule has 1 N–H and O–H groups in total. The van der Waals surface area contributed by atoms with Crippen molar-refractivity contribution in [1.82, 2.24) is 24.7 Å². The van der Waals surface area contributed by atoms with Gasteiger partial charge in [-0.2, -0.15) is 0 Å². The second kappa shape index (κ2) is 6.49. The average molecular weight is 335 g/mol. The number of aromatic amines is 1. The monoisotopic (exact) mass is 335 g/mol. The summed E-state index contributed by atoms with van der Waals surface area (Å²) in [4.78, 5) is 7.47. The third kappa shape index (κ3) is 2.69. The predicted octanol–water partition coefficient (Wildman–Crippen LogP) is 4.13. The molecule has 3 heterocycles. The minimum Gasteiger partial charge on any atom is -0.360 e. The summed E-state index contributed by atoms with van der Waals surface area (Å²) in [6, 6.07) is 12.3. The smallest absolute Gasteiger partial charge is 0.191 e. The Bertz CT molecular complexity index is 958. The summed E-state index contributed by atoms with van der Waals surface area (Å²) in [6.45, 7) is 2.95. The zero-order valence-electron chi connectivity index (χ0n) is 13.3. The van der Waals surface area contributed by atoms with Crippen LogP contribution in [0.25, 0.3) is 22.3 Å². The molecule has 0 spiro atoms. The molecule has 1 aromatic carbocycles. The summed E-state index contributed by atoms with van der Waals surface area (Å²) >= 11 is 1.69. The first kappa shape index (κ1) is 15.0. The van der Waals surface area contributed by atoms with E-state index < -0.39 is 0 Å². The number of hydrogen-bond acceptors (Lipinski definition) is 4. The normalized spacial score (nSPS) is 11.2. The Labute approximate surface area is 144 Å². The van der Waals surface area contributed by atoms with Crippen LogP contribution in [0.2, 0.25) is 0 Å². The number of aromatic nitrogens is 5. The molecular weight excluding hydrogens is 318 g/mol. The molecule has 3 aromatic heterocycles. The minimum atomic E-state index is 0.831. The van der Waals surface area contributed by atoms with Gasteiger partial charge in [0.15, 0.2) is 11.0 Å². The number of pyridine rings is 1. The van der Waals surface area contributed by atoms with E-state index in [0.717, 1.165) is 34.4 Å². The second-order valence-corrected chi connectivity index (χ2v) is 6.39. The van der Waals surface area contributed by atoms with Crippen molar-refractivity contribution in [3.63, 3.8) is 0 Å². The van der Waals surface area contributed by atoms with Crippen LogP contribution in [-0.2, 0) is 12.3 Å². The average Bonchev–Trinajstić information content (AvgIpc) is 3.24. The van der Waals surface area contributed by atoms with E-state index in [0.29, 0.717) is 0 Å². The maximum absolute atomic E-state index is 4.45. The fourth-order valence-electron chi connectivity index (χ4n) is 2.77. The highest BCUT2D eigenvalue weighted by Crippen LogP contribution is 2.30. The molecule has 0 amide bonds. The molecule has 120 valence electrons. The van der Waals surface area contributed by atoms with Crippen molar-refractivity contribution in [3.05, 3.63) is 60.6 Å². The van der Waals surface area contributed by atoms with Crippen LogP contribution in [0.1, 0.15) is 12.5 Å². The first-order chi connectivity index (χ1) is 11.9. The zero-order valence-corrected chi connectivity index (χ0v) is 14.1. The number of benzene rings is 1. The highest BCUT2D eigenvalue weighted by Gasteiger charge is 2.16. The standard InChI is InChI=1S/C18H17N5S/c1-2-23-17(15-11-20-16-8-4-3-7-14(15)16)21-22-18(23)24-12-13-6-5-9-19-10-13/h3-11,20H,2,12H2,1H3. The van der Waals surface area contributed by atoms with Gasteiger partial charge in [0, 0.05) is 47.4 Å². The Morgan fingerprint density at radius 2 is 2.04 bits per heavy atom. The van der Waals surface area contributed by atoms with E-state index in [1.54, 1.807) is 18.0 Å². The maximum Gasteiger partial charge on any atom is 0.191 e. The first-order valence-corrected chi connectivity index (χ1v) is 8.86. The highest BCUT2D eigenvalue weighted by molar-refractivity contribution is 7.98. The molecular formula is C18H17N5S. The number of H-pyrrole nitrogens is 1. The summed E-state index contributed by atoms with van der Waals surface area (Å²) in [5, 5.41) is 11.0. The van der Waals surface area contributed by atoms with Crippen LogP contribution in [0.3, 0.4) is 0 Å². The van der Waals surface area contributed by atoms with Crippen LogP contribution in [0.15, 0.2) is 60.1 Å². The molecule has 0 fully saturated rings. The van der Waals surface area contributed by atoms with Crippen molar-refractivity contribution in [2.75, 3.05) is 0 Å². The van der Waals surface area contributed by atoms with Crippen LogP contribution in [0.5, 0.6) is 0 Å². The quantitative estimate of drug-likeness (QED) is 0.557. The van der Waals surface area contributed by atoms with Gasteiger partial charge in [0.1, 0.15) is 0 Å². The molecule has 0 unspecified atom stereocenters. The van der Waals surface area contributed by atoms with E-state index in [9.17, 15) is 0 Å². The first-order valence-electron chi connectivity index (χ1n) is 7.88. The SMILES string of the molecule is CCn1c(SCc2cccnc2)nnc1-c1c[nH]c2ccccc12. The Hall–Kier alpha value is -2.60. The van der Waals surface area contributed by atoms with Crippen molar-refractivity contribution < 1.29 is 0 Å². The molecule has 0 radical (unpaired) electrons. The predicted molar refractivity (Wildman–Crippen MR) is 96.8 cm³/mol. The summed E-state index contributed by atoms with van der Waals surface area (Å²) in [5.41, 5.74) is 3.39. The number of thioether (sulfide) groups is 1. The van der Waals surface area contributed by atoms with Gasteiger partial charge in [-0.15, -0.1) is 10.2 Å². The second-order valence-electron chi connectivity index (χ2n) is 5.45. The maximum atomic E-state index is 4.45. The van der Waals surface area contributed by atoms with E-state index in [1.807, 2.05) is 30.6 Å². The van der Waals surface area contributed by atoms with E-state index >= 15 is 0 Å². The van der Waals surface area contributed by atoms with E-state index in [1.165, 1.54) is 10.9 Å². The van der Waals surface area contributed by atoms with Gasteiger partial charge in [-0.05, 0) is 24.6 Å². The summed E-state index contributed by atoms with van der Waals surface area (Å²) in [5.74, 6) is 1.74. The lowest BCUT2D eigenvalue weighted by atomic mass is 10.1. The molecule has 4 aromatic rings. The largest absolute Gasteiger partial charge is 0.360 e. The molecule has 5 nitrogen and oxygen atoms in total. The van der Waals surface area contributed by atoms with Crippen molar-refractivity contribution in [1.29, 1.82) is 0 Å². The number of hydrogen-bond donors (Lipinski definition) is 1. The third-order valence-electron chi connectivity index (χ3n) is 3.95. The van der Waals surface area contributed by atoms with Crippen LogP contribution >= 0.6 is 11.8 Å². The van der Waals surface area contributed by atoms with E-state index in [2.05, 4.69) is 49.9 Å². The molecule has 6 heteroatoms. The topological polar surface area (TPSA) is 59.4 Å². The Balaban J connectivity index is 1.67. The minimum absolute atomic E-state index is 0.831. The molecule has 0 aliphatic carbocycles. The molecule has 4 rings (SSSR count). The fraction of sp³-hybridized carbons (Fsp3) is 0.167. The molecule has 0 bridgehead atoms. The summed E-state index contributed by atoms with van der Waals surface area (Å²) in [6.07, 6.45) is 5.69. The van der Waals surface area contributed by atoms with Crippen molar-refractivity contribution in [2.24, 2.45) is 0 Å². The van der Waals surface area contributed by atoms with Gasteiger partial charge in [0.25, 0.3) is 0 Å². The molecule has 24 heavy (non-hydrogen) atoms. The highest BCUT2D eigenvalue weighted by atomic mass is 32.2. The lowest BCUT2D eigenvalue weighted by Gasteiger charge is -2.06. The van der Waals surface area contributed by atoms with Gasteiger partial charge >= 0.3 is 0 Å². The molecule has 0 atom stereocenters. The molecule has 0 saturated carbocycles. The lowest BCUT2D eigenvalue weighted by Crippen LogP contribution is -1.99. The third-order valence-corrected chi connectivity index (χ3v) is 4.99. The van der Waals surface area contributed by atoms with Gasteiger partial charge in [0.05, 0.1) is 0 Å². The van der Waals surface area contributed by atoms with Crippen molar-refractivity contribution >= 4 is 22.7 Å². The van der Waals surface area contributed by atoms with E-state index in [4.69, 9.17) is 0 Å². The number of nitrogens with one attached hydrogen (secondary N) is 1. The van der Waals surface area contributed by atoms with Gasteiger partial charge in [-0.1, -0.05) is 36.0 Å². The number of para-hydroxylation sites is 1.